The number of carbonyl (C=O) groups excluding carboxylic acids is 2. The van der Waals surface area contributed by atoms with E-state index < -0.39 is 0 Å². The molecule has 1 atom stereocenters. The molecule has 192 valence electrons. The van der Waals surface area contributed by atoms with E-state index in [9.17, 15) is 9.59 Å². The van der Waals surface area contributed by atoms with Gasteiger partial charge in [-0.2, -0.15) is 0 Å². The summed E-state index contributed by atoms with van der Waals surface area (Å²) in [4.78, 5) is 32.5. The molecule has 2 aromatic heterocycles. The van der Waals surface area contributed by atoms with Gasteiger partial charge in [0.15, 0.2) is 0 Å². The molecular formula is C29H36N2O3S2. The summed E-state index contributed by atoms with van der Waals surface area (Å²) in [6.45, 7) is 10.3. The summed E-state index contributed by atoms with van der Waals surface area (Å²) >= 11 is 3.16. The van der Waals surface area contributed by atoms with Gasteiger partial charge < -0.3 is 14.5 Å². The van der Waals surface area contributed by atoms with Crippen LogP contribution in [0.25, 0.3) is 0 Å². The van der Waals surface area contributed by atoms with Gasteiger partial charge in [-0.1, -0.05) is 45.9 Å². The Labute approximate surface area is 222 Å². The Morgan fingerprint density at radius 1 is 1.06 bits per heavy atom. The lowest BCUT2D eigenvalue weighted by Crippen LogP contribution is -2.48. The zero-order valence-electron chi connectivity index (χ0n) is 21.6. The lowest BCUT2D eigenvalue weighted by atomic mass is 10.00. The predicted molar refractivity (Wildman–Crippen MR) is 148 cm³/mol. The summed E-state index contributed by atoms with van der Waals surface area (Å²) in [5, 5.41) is 4.00. The smallest absolute Gasteiger partial charge is 0.264 e. The molecule has 4 rings (SSSR count). The van der Waals surface area contributed by atoms with Crippen LogP contribution < -0.4 is 4.74 Å². The fourth-order valence-electron chi connectivity index (χ4n) is 4.48. The molecule has 1 aliphatic heterocycles. The minimum Gasteiger partial charge on any atom is -0.491 e. The first kappa shape index (κ1) is 26.4. The Kier molecular flexibility index (Phi) is 8.86. The van der Waals surface area contributed by atoms with Crippen LogP contribution in [0.2, 0.25) is 0 Å². The average molecular weight is 525 g/mol. The van der Waals surface area contributed by atoms with Gasteiger partial charge in [0.2, 0.25) is 5.91 Å². The third kappa shape index (κ3) is 6.37. The van der Waals surface area contributed by atoms with Crippen molar-refractivity contribution < 1.29 is 14.3 Å². The number of carbonyl (C=O) groups is 2. The molecule has 3 heterocycles. The molecule has 1 aliphatic rings. The van der Waals surface area contributed by atoms with Crippen LogP contribution in [0.4, 0.5) is 0 Å². The summed E-state index contributed by atoms with van der Waals surface area (Å²) < 4.78 is 6.21. The van der Waals surface area contributed by atoms with Gasteiger partial charge in [0.1, 0.15) is 18.9 Å². The van der Waals surface area contributed by atoms with E-state index in [-0.39, 0.29) is 24.4 Å². The first-order valence-electron chi connectivity index (χ1n) is 12.7. The monoisotopic (exact) mass is 524 g/mol. The van der Waals surface area contributed by atoms with Crippen molar-refractivity contribution in [2.45, 2.75) is 52.5 Å². The number of fused-ring (bicyclic) bond motifs is 1. The number of nitrogens with zero attached hydrogens (tertiary/aromatic N) is 2. The maximum absolute atomic E-state index is 13.7. The highest BCUT2D eigenvalue weighted by atomic mass is 32.1. The Hall–Kier alpha value is -2.64. The van der Waals surface area contributed by atoms with Crippen LogP contribution in [-0.2, 0) is 11.2 Å². The molecule has 0 aliphatic carbocycles. The summed E-state index contributed by atoms with van der Waals surface area (Å²) in [6.07, 6.45) is 1.70. The van der Waals surface area contributed by atoms with Crippen molar-refractivity contribution in [3.63, 3.8) is 0 Å². The Bertz CT molecular complexity index is 1140. The van der Waals surface area contributed by atoms with Gasteiger partial charge in [-0.15, -0.1) is 22.7 Å². The molecule has 0 bridgehead atoms. The Morgan fingerprint density at radius 3 is 2.50 bits per heavy atom. The van der Waals surface area contributed by atoms with Gasteiger partial charge in [-0.25, -0.2) is 0 Å². The Morgan fingerprint density at radius 2 is 1.83 bits per heavy atom. The molecule has 1 aromatic carbocycles. The second-order valence-corrected chi connectivity index (χ2v) is 12.0. The number of hydrogen-bond acceptors (Lipinski definition) is 5. The number of ether oxygens (including phenoxy) is 1. The molecule has 36 heavy (non-hydrogen) atoms. The molecule has 0 fully saturated rings. The molecule has 0 saturated heterocycles. The number of rotatable bonds is 10. The number of hydrogen-bond donors (Lipinski definition) is 0. The molecule has 0 spiro atoms. The van der Waals surface area contributed by atoms with Gasteiger partial charge in [0, 0.05) is 18.0 Å². The van der Waals surface area contributed by atoms with E-state index in [0.29, 0.717) is 36.4 Å². The molecule has 0 radical (unpaired) electrons. The van der Waals surface area contributed by atoms with E-state index >= 15 is 0 Å². The summed E-state index contributed by atoms with van der Waals surface area (Å²) in [5.41, 5.74) is 2.44. The highest BCUT2D eigenvalue weighted by Gasteiger charge is 2.33. The molecule has 0 N–H and O–H groups in total. The maximum Gasteiger partial charge on any atom is 0.264 e. The fourth-order valence-corrected chi connectivity index (χ4v) is 6.09. The highest BCUT2D eigenvalue weighted by molar-refractivity contribution is 7.12. The van der Waals surface area contributed by atoms with E-state index in [4.69, 9.17) is 4.74 Å². The van der Waals surface area contributed by atoms with E-state index in [2.05, 4.69) is 51.3 Å². The van der Waals surface area contributed by atoms with Crippen LogP contribution in [0.1, 0.15) is 71.8 Å². The van der Waals surface area contributed by atoms with E-state index in [0.717, 1.165) is 24.2 Å². The van der Waals surface area contributed by atoms with Gasteiger partial charge in [-0.3, -0.25) is 9.59 Å². The number of benzene rings is 1. The highest BCUT2D eigenvalue weighted by Crippen LogP contribution is 2.34. The molecule has 0 unspecified atom stereocenters. The lowest BCUT2D eigenvalue weighted by Gasteiger charge is -2.37. The zero-order valence-corrected chi connectivity index (χ0v) is 23.2. The normalized spacial score (nSPS) is 15.3. The summed E-state index contributed by atoms with van der Waals surface area (Å²) in [7, 11) is 0. The SMILES string of the molecule is CC(C)CCN(CC(=O)N1CCc2sccc2[C@H]1COc1ccc(C(C)C)cc1)C(=O)c1cccs1. The lowest BCUT2D eigenvalue weighted by molar-refractivity contribution is -0.135. The molecular weight excluding hydrogens is 488 g/mol. The quantitative estimate of drug-likeness (QED) is 0.299. The molecule has 2 amide bonds. The van der Waals surface area contributed by atoms with Crippen molar-refractivity contribution in [1.82, 2.24) is 9.80 Å². The molecule has 0 saturated carbocycles. The predicted octanol–water partition coefficient (Wildman–Crippen LogP) is 6.63. The van der Waals surface area contributed by atoms with Gasteiger partial charge in [0.05, 0.1) is 10.9 Å². The molecule has 7 heteroatoms. The first-order chi connectivity index (χ1) is 17.3. The van der Waals surface area contributed by atoms with Gasteiger partial charge in [0.25, 0.3) is 5.91 Å². The Balaban J connectivity index is 1.50. The molecule has 3 aromatic rings. The van der Waals surface area contributed by atoms with Crippen molar-refractivity contribution in [1.29, 1.82) is 0 Å². The second kappa shape index (κ2) is 12.1. The number of thiophene rings is 2. The van der Waals surface area contributed by atoms with Crippen LogP contribution >= 0.6 is 22.7 Å². The van der Waals surface area contributed by atoms with E-state index in [1.807, 2.05) is 34.5 Å². The topological polar surface area (TPSA) is 49.9 Å². The third-order valence-corrected chi connectivity index (χ3v) is 8.55. The zero-order chi connectivity index (χ0) is 25.7. The second-order valence-electron chi connectivity index (χ2n) is 10.1. The van der Waals surface area contributed by atoms with Crippen molar-refractivity contribution >= 4 is 34.5 Å². The van der Waals surface area contributed by atoms with Gasteiger partial charge in [-0.05, 0) is 70.8 Å². The van der Waals surface area contributed by atoms with Crippen LogP contribution in [0.5, 0.6) is 5.75 Å². The summed E-state index contributed by atoms with van der Waals surface area (Å²) in [5.74, 6) is 1.63. The van der Waals surface area contributed by atoms with Crippen molar-refractivity contribution in [3.8, 4) is 5.75 Å². The van der Waals surface area contributed by atoms with E-state index in [1.54, 1.807) is 16.2 Å². The fraction of sp³-hybridized carbons (Fsp3) is 0.448. The maximum atomic E-state index is 13.7. The minimum absolute atomic E-state index is 0.0238. The largest absolute Gasteiger partial charge is 0.491 e. The first-order valence-corrected chi connectivity index (χ1v) is 14.5. The van der Waals surface area contributed by atoms with Crippen LogP contribution in [0.3, 0.4) is 0 Å². The number of amides is 2. The van der Waals surface area contributed by atoms with Crippen molar-refractivity contribution in [3.05, 3.63) is 74.1 Å². The third-order valence-electron chi connectivity index (χ3n) is 6.69. The molecule has 5 nitrogen and oxygen atoms in total. The van der Waals surface area contributed by atoms with Crippen LogP contribution in [0.15, 0.2) is 53.2 Å². The van der Waals surface area contributed by atoms with Crippen molar-refractivity contribution in [2.75, 3.05) is 26.2 Å². The summed E-state index contributed by atoms with van der Waals surface area (Å²) in [6, 6.07) is 13.9. The minimum atomic E-state index is -0.166. The average Bonchev–Trinajstić information content (AvgIpc) is 3.57. The van der Waals surface area contributed by atoms with Gasteiger partial charge >= 0.3 is 0 Å². The van der Waals surface area contributed by atoms with E-state index in [1.165, 1.54) is 21.8 Å². The van der Waals surface area contributed by atoms with Crippen LogP contribution in [-0.4, -0.2) is 47.9 Å². The van der Waals surface area contributed by atoms with Crippen molar-refractivity contribution in [2.24, 2.45) is 5.92 Å². The van der Waals surface area contributed by atoms with Crippen LogP contribution in [0, 0.1) is 5.92 Å². The standard InChI is InChI=1S/C29H36N2O3S2/c1-20(2)11-14-30(29(33)27-6-5-16-35-27)18-28(32)31-15-12-26-24(13-17-36-26)25(31)19-34-23-9-7-22(8-10-23)21(3)4/h5-10,13,16-17,20-21,25H,11-12,14-15,18-19H2,1-4H3/t25-/m1/s1.